The number of aryl methyl sites for hydroxylation is 2. The molecule has 1 fully saturated rings. The summed E-state index contributed by atoms with van der Waals surface area (Å²) in [5.41, 5.74) is 8.09. The van der Waals surface area contributed by atoms with Crippen molar-refractivity contribution in [2.45, 2.75) is 39.0 Å². The second-order valence-electron chi connectivity index (χ2n) is 7.94. The van der Waals surface area contributed by atoms with Crippen LogP contribution >= 0.6 is 0 Å². The van der Waals surface area contributed by atoms with Gasteiger partial charge in [-0.1, -0.05) is 53.6 Å². The molecule has 1 saturated heterocycles. The van der Waals surface area contributed by atoms with E-state index in [-0.39, 0.29) is 18.9 Å². The van der Waals surface area contributed by atoms with Crippen molar-refractivity contribution in [3.63, 3.8) is 0 Å². The Kier molecular flexibility index (Phi) is 4.81. The number of aromatic nitrogens is 4. The van der Waals surface area contributed by atoms with Gasteiger partial charge in [0, 0.05) is 5.56 Å². The number of benzene rings is 2. The third kappa shape index (κ3) is 3.28. The van der Waals surface area contributed by atoms with Crippen molar-refractivity contribution in [3.8, 4) is 22.4 Å². The molecule has 0 radical (unpaired) electrons. The Labute approximate surface area is 175 Å². The van der Waals surface area contributed by atoms with E-state index in [0.29, 0.717) is 0 Å². The van der Waals surface area contributed by atoms with Crippen LogP contribution in [0, 0.1) is 13.8 Å². The van der Waals surface area contributed by atoms with Crippen LogP contribution in [-0.2, 0) is 4.74 Å². The normalized spacial score (nSPS) is 18.9. The Balaban J connectivity index is 1.63. The maximum Gasteiger partial charge on any atom is 0.165 e. The van der Waals surface area contributed by atoms with E-state index in [0.717, 1.165) is 40.8 Å². The van der Waals surface area contributed by atoms with E-state index in [2.05, 4.69) is 65.2 Å². The molecule has 0 spiro atoms. The van der Waals surface area contributed by atoms with Gasteiger partial charge in [-0.3, -0.25) is 4.57 Å². The SMILES string of the molecule is Cc1cc(C)cc(-c2ccccc2-c2ncnc3c2ncn3[C@H]2CC[C@@H](CO)O2)c1. The Morgan fingerprint density at radius 2 is 1.77 bits per heavy atom. The third-order valence-electron chi connectivity index (χ3n) is 5.67. The smallest absolute Gasteiger partial charge is 0.165 e. The Bertz CT molecular complexity index is 1200. The molecule has 1 N–H and O–H groups in total. The number of fused-ring (bicyclic) bond motifs is 1. The van der Waals surface area contributed by atoms with Crippen LogP contribution in [0.2, 0.25) is 0 Å². The molecule has 2 aromatic carbocycles. The highest BCUT2D eigenvalue weighted by molar-refractivity contribution is 5.93. The molecule has 152 valence electrons. The van der Waals surface area contributed by atoms with Crippen molar-refractivity contribution in [2.24, 2.45) is 0 Å². The van der Waals surface area contributed by atoms with E-state index in [1.807, 2.05) is 10.6 Å². The van der Waals surface area contributed by atoms with Gasteiger partial charge >= 0.3 is 0 Å². The standard InChI is InChI=1S/C24H24N4O2/c1-15-9-16(2)11-17(10-15)19-5-3-4-6-20(19)22-23-24(26-13-25-22)28(14-27-23)21-8-7-18(12-29)30-21/h3-6,9-11,13-14,18,21,29H,7-8,12H2,1-2H3/t18-,21+/m0/s1. The lowest BCUT2D eigenvalue weighted by Crippen LogP contribution is -2.14. The van der Waals surface area contributed by atoms with Gasteiger partial charge in [0.2, 0.25) is 0 Å². The molecule has 3 heterocycles. The Morgan fingerprint density at radius 1 is 1.00 bits per heavy atom. The number of hydrogen-bond donors (Lipinski definition) is 1. The van der Waals surface area contributed by atoms with Crippen LogP contribution < -0.4 is 0 Å². The highest BCUT2D eigenvalue weighted by Crippen LogP contribution is 2.36. The van der Waals surface area contributed by atoms with Gasteiger partial charge in [0.05, 0.1) is 19.0 Å². The second-order valence-corrected chi connectivity index (χ2v) is 7.94. The maximum atomic E-state index is 9.39. The summed E-state index contributed by atoms with van der Waals surface area (Å²) in [5, 5.41) is 9.39. The number of imidazole rings is 1. The number of aliphatic hydroxyl groups excluding tert-OH is 1. The highest BCUT2D eigenvalue weighted by atomic mass is 16.5. The van der Waals surface area contributed by atoms with Crippen LogP contribution in [0.4, 0.5) is 0 Å². The van der Waals surface area contributed by atoms with Crippen LogP contribution in [0.15, 0.2) is 55.1 Å². The molecule has 4 aromatic rings. The molecule has 0 unspecified atom stereocenters. The van der Waals surface area contributed by atoms with Gasteiger partial charge in [0.25, 0.3) is 0 Å². The minimum absolute atomic E-state index is 0.0344. The molecule has 2 atom stereocenters. The summed E-state index contributed by atoms with van der Waals surface area (Å²) in [6.07, 6.45) is 4.73. The van der Waals surface area contributed by atoms with Gasteiger partial charge < -0.3 is 9.84 Å². The monoisotopic (exact) mass is 400 g/mol. The van der Waals surface area contributed by atoms with E-state index in [9.17, 15) is 5.11 Å². The topological polar surface area (TPSA) is 73.1 Å². The number of rotatable bonds is 4. The molecule has 0 saturated carbocycles. The Hall–Kier alpha value is -3.09. The molecule has 2 aromatic heterocycles. The van der Waals surface area contributed by atoms with E-state index >= 15 is 0 Å². The maximum absolute atomic E-state index is 9.39. The van der Waals surface area contributed by atoms with Crippen molar-refractivity contribution < 1.29 is 9.84 Å². The molecule has 5 rings (SSSR count). The number of ether oxygens (including phenoxy) is 1. The molecule has 6 heteroatoms. The lowest BCUT2D eigenvalue weighted by Gasteiger charge is -2.14. The number of hydrogen-bond acceptors (Lipinski definition) is 5. The van der Waals surface area contributed by atoms with E-state index in [1.165, 1.54) is 16.7 Å². The fourth-order valence-electron chi connectivity index (χ4n) is 4.36. The molecule has 6 nitrogen and oxygen atoms in total. The zero-order valence-corrected chi connectivity index (χ0v) is 17.1. The predicted octanol–water partition coefficient (Wildman–Crippen LogP) is 4.45. The summed E-state index contributed by atoms with van der Waals surface area (Å²) < 4.78 is 7.89. The predicted molar refractivity (Wildman–Crippen MR) is 116 cm³/mol. The average molecular weight is 400 g/mol. The van der Waals surface area contributed by atoms with Crippen molar-refractivity contribution in [2.75, 3.05) is 6.61 Å². The lowest BCUT2D eigenvalue weighted by molar-refractivity contribution is -0.0207. The van der Waals surface area contributed by atoms with E-state index in [1.54, 1.807) is 12.7 Å². The van der Waals surface area contributed by atoms with Gasteiger partial charge in [-0.15, -0.1) is 0 Å². The first-order chi connectivity index (χ1) is 14.6. The zero-order valence-electron chi connectivity index (χ0n) is 17.1. The minimum Gasteiger partial charge on any atom is -0.394 e. The molecular weight excluding hydrogens is 376 g/mol. The average Bonchev–Trinajstić information content (AvgIpc) is 3.39. The second kappa shape index (κ2) is 7.63. The molecule has 1 aliphatic rings. The van der Waals surface area contributed by atoms with E-state index < -0.39 is 0 Å². The fraction of sp³-hybridized carbons (Fsp3) is 0.292. The van der Waals surface area contributed by atoms with Gasteiger partial charge in [-0.25, -0.2) is 15.0 Å². The molecule has 30 heavy (non-hydrogen) atoms. The van der Waals surface area contributed by atoms with Gasteiger partial charge in [-0.2, -0.15) is 0 Å². The summed E-state index contributed by atoms with van der Waals surface area (Å²) in [6.45, 7) is 4.27. The zero-order chi connectivity index (χ0) is 20.7. The Morgan fingerprint density at radius 3 is 2.50 bits per heavy atom. The van der Waals surface area contributed by atoms with Crippen molar-refractivity contribution in [3.05, 3.63) is 66.2 Å². The van der Waals surface area contributed by atoms with Crippen LogP contribution in [0.3, 0.4) is 0 Å². The highest BCUT2D eigenvalue weighted by Gasteiger charge is 2.28. The third-order valence-corrected chi connectivity index (χ3v) is 5.67. The fourth-order valence-corrected chi connectivity index (χ4v) is 4.36. The van der Waals surface area contributed by atoms with Crippen molar-refractivity contribution in [1.29, 1.82) is 0 Å². The summed E-state index contributed by atoms with van der Waals surface area (Å²) >= 11 is 0. The van der Waals surface area contributed by atoms with Gasteiger partial charge in [0.15, 0.2) is 5.65 Å². The van der Waals surface area contributed by atoms with Crippen LogP contribution in [0.25, 0.3) is 33.5 Å². The molecule has 0 aliphatic carbocycles. The van der Waals surface area contributed by atoms with Crippen LogP contribution in [0.1, 0.15) is 30.2 Å². The van der Waals surface area contributed by atoms with Gasteiger partial charge in [0.1, 0.15) is 23.8 Å². The summed E-state index contributed by atoms with van der Waals surface area (Å²) in [7, 11) is 0. The van der Waals surface area contributed by atoms with Crippen molar-refractivity contribution in [1.82, 2.24) is 19.5 Å². The largest absolute Gasteiger partial charge is 0.394 e. The summed E-state index contributed by atoms with van der Waals surface area (Å²) in [5.74, 6) is 0. The quantitative estimate of drug-likeness (QED) is 0.548. The number of aliphatic hydroxyl groups is 1. The van der Waals surface area contributed by atoms with Crippen LogP contribution in [-0.4, -0.2) is 37.3 Å². The first-order valence-corrected chi connectivity index (χ1v) is 10.3. The minimum atomic E-state index is -0.162. The van der Waals surface area contributed by atoms with Crippen molar-refractivity contribution >= 4 is 11.2 Å². The van der Waals surface area contributed by atoms with Crippen LogP contribution in [0.5, 0.6) is 0 Å². The lowest BCUT2D eigenvalue weighted by atomic mass is 9.95. The molecule has 0 amide bonds. The molecular formula is C24H24N4O2. The number of nitrogens with zero attached hydrogens (tertiary/aromatic N) is 4. The molecule has 1 aliphatic heterocycles. The first-order valence-electron chi connectivity index (χ1n) is 10.3. The first kappa shape index (κ1) is 18.9. The summed E-state index contributed by atoms with van der Waals surface area (Å²) in [4.78, 5) is 13.8. The van der Waals surface area contributed by atoms with E-state index in [4.69, 9.17) is 4.74 Å². The van der Waals surface area contributed by atoms with Gasteiger partial charge in [-0.05, 0) is 37.8 Å². The molecule has 0 bridgehead atoms. The summed E-state index contributed by atoms with van der Waals surface area (Å²) in [6, 6.07) is 14.9.